The molecule has 29 heavy (non-hydrogen) atoms. The third kappa shape index (κ3) is 2.66. The predicted molar refractivity (Wildman–Crippen MR) is 101 cm³/mol. The van der Waals surface area contributed by atoms with Crippen molar-refractivity contribution < 1.29 is 33.6 Å². The molecule has 1 unspecified atom stereocenters. The fourth-order valence-corrected chi connectivity index (χ4v) is 4.43. The summed E-state index contributed by atoms with van der Waals surface area (Å²) in [5.41, 5.74) is 2.88. The third-order valence-electron chi connectivity index (χ3n) is 5.72. The average molecular weight is 399 g/mol. The van der Waals surface area contributed by atoms with E-state index in [1.54, 1.807) is 19.2 Å². The second-order valence-corrected chi connectivity index (χ2v) is 7.20. The molecule has 0 saturated carbocycles. The largest absolute Gasteiger partial charge is 0.504 e. The van der Waals surface area contributed by atoms with Crippen LogP contribution in [0.3, 0.4) is 0 Å². The number of fused-ring (bicyclic) bond motifs is 3. The summed E-state index contributed by atoms with van der Waals surface area (Å²) in [6.07, 6.45) is 0.789. The van der Waals surface area contributed by atoms with Crippen LogP contribution in [0, 0.1) is 0 Å². The second-order valence-electron chi connectivity index (χ2n) is 7.20. The van der Waals surface area contributed by atoms with Crippen LogP contribution in [-0.4, -0.2) is 44.7 Å². The first-order valence-corrected chi connectivity index (χ1v) is 9.45. The van der Waals surface area contributed by atoms with Crippen molar-refractivity contribution in [3.05, 3.63) is 40.5 Å². The highest BCUT2D eigenvalue weighted by Crippen LogP contribution is 2.49. The average Bonchev–Trinajstić information content (AvgIpc) is 3.19. The third-order valence-corrected chi connectivity index (χ3v) is 5.72. The Morgan fingerprint density at radius 3 is 2.83 bits per heavy atom. The van der Waals surface area contributed by atoms with Crippen LogP contribution in [0.2, 0.25) is 0 Å². The lowest BCUT2D eigenvalue weighted by atomic mass is 9.85. The van der Waals surface area contributed by atoms with Gasteiger partial charge in [0.15, 0.2) is 23.0 Å². The molecule has 0 saturated heterocycles. The van der Waals surface area contributed by atoms with Gasteiger partial charge in [0.2, 0.25) is 12.5 Å². The highest BCUT2D eigenvalue weighted by molar-refractivity contribution is 5.96. The smallest absolute Gasteiger partial charge is 0.342 e. The molecule has 152 valence electrons. The fourth-order valence-electron chi connectivity index (χ4n) is 4.43. The number of benzene rings is 2. The molecule has 0 fully saturated rings. The fraction of sp³-hybridized carbons (Fsp3) is 0.381. The van der Waals surface area contributed by atoms with Crippen LogP contribution in [0.25, 0.3) is 0 Å². The number of ether oxygens (including phenoxy) is 5. The van der Waals surface area contributed by atoms with Gasteiger partial charge in [-0.2, -0.15) is 0 Å². The molecule has 0 radical (unpaired) electrons. The number of phenolic OH excluding ortho intramolecular Hbond substituents is 1. The van der Waals surface area contributed by atoms with Crippen LogP contribution in [0.4, 0.5) is 0 Å². The Kier molecular flexibility index (Phi) is 4.16. The van der Waals surface area contributed by atoms with Gasteiger partial charge in [0, 0.05) is 12.0 Å². The van der Waals surface area contributed by atoms with Gasteiger partial charge >= 0.3 is 5.97 Å². The van der Waals surface area contributed by atoms with E-state index in [1.807, 2.05) is 6.07 Å². The van der Waals surface area contributed by atoms with E-state index >= 15 is 0 Å². The highest BCUT2D eigenvalue weighted by Gasteiger charge is 2.40. The van der Waals surface area contributed by atoms with Crippen molar-refractivity contribution in [2.24, 2.45) is 0 Å². The Bertz CT molecular complexity index is 1000. The van der Waals surface area contributed by atoms with Crippen molar-refractivity contribution in [1.29, 1.82) is 0 Å². The van der Waals surface area contributed by atoms with E-state index in [4.69, 9.17) is 23.7 Å². The summed E-state index contributed by atoms with van der Waals surface area (Å²) >= 11 is 0. The summed E-state index contributed by atoms with van der Waals surface area (Å²) in [4.78, 5) is 12.7. The lowest BCUT2D eigenvalue weighted by Gasteiger charge is -2.36. The Morgan fingerprint density at radius 2 is 2.03 bits per heavy atom. The first-order chi connectivity index (χ1) is 14.1. The number of cyclic esters (lactones) is 1. The molecule has 8 heteroatoms. The number of carbonyl (C=O) groups is 1. The minimum atomic E-state index is -0.568. The topological polar surface area (TPSA) is 95.5 Å². The normalized spacial score (nSPS) is 21.8. The van der Waals surface area contributed by atoms with E-state index in [0.29, 0.717) is 23.7 Å². The molecule has 0 bridgehead atoms. The minimum Gasteiger partial charge on any atom is -0.504 e. The molecule has 2 aromatic carbocycles. The van der Waals surface area contributed by atoms with Crippen LogP contribution in [0.1, 0.15) is 33.1 Å². The van der Waals surface area contributed by atoms with Crippen molar-refractivity contribution in [2.75, 3.05) is 27.6 Å². The molecule has 0 spiro atoms. The lowest BCUT2D eigenvalue weighted by Crippen LogP contribution is -2.43. The molecular weight excluding hydrogens is 378 g/mol. The summed E-state index contributed by atoms with van der Waals surface area (Å²) in [5, 5.41) is 13.8. The Hall–Kier alpha value is -3.13. The maximum absolute atomic E-state index is 12.7. The maximum Gasteiger partial charge on any atom is 0.342 e. The van der Waals surface area contributed by atoms with Gasteiger partial charge in [-0.05, 0) is 36.2 Å². The highest BCUT2D eigenvalue weighted by atomic mass is 16.7. The zero-order valence-electron chi connectivity index (χ0n) is 16.1. The molecule has 0 aromatic heterocycles. The van der Waals surface area contributed by atoms with Gasteiger partial charge in [0.25, 0.3) is 0 Å². The van der Waals surface area contributed by atoms with Gasteiger partial charge < -0.3 is 34.1 Å². The zero-order valence-corrected chi connectivity index (χ0v) is 16.1. The molecular formula is C21H21NO7. The van der Waals surface area contributed by atoms with Gasteiger partial charge in [0.1, 0.15) is 11.7 Å². The summed E-state index contributed by atoms with van der Waals surface area (Å²) < 4.78 is 27.7. The summed E-state index contributed by atoms with van der Waals surface area (Å²) in [5.74, 6) is 1.34. The number of esters is 1. The van der Waals surface area contributed by atoms with Gasteiger partial charge in [-0.3, -0.25) is 0 Å². The number of aromatic hydroxyl groups is 1. The van der Waals surface area contributed by atoms with E-state index in [0.717, 1.165) is 29.7 Å². The number of hydrogen-bond donors (Lipinski definition) is 2. The van der Waals surface area contributed by atoms with E-state index < -0.39 is 12.1 Å². The van der Waals surface area contributed by atoms with Crippen LogP contribution in [0.5, 0.6) is 28.7 Å². The molecule has 8 nitrogen and oxygen atoms in total. The van der Waals surface area contributed by atoms with Crippen LogP contribution in [-0.2, 0) is 17.6 Å². The molecule has 2 atom stereocenters. The van der Waals surface area contributed by atoms with Gasteiger partial charge in [-0.25, -0.2) is 4.79 Å². The monoisotopic (exact) mass is 399 g/mol. The number of hydrogen-bond acceptors (Lipinski definition) is 8. The minimum absolute atomic E-state index is 0.152. The number of carbonyl (C=O) groups excluding carboxylic acids is 1. The number of nitrogens with one attached hydrogen (secondary N) is 1. The Balaban J connectivity index is 1.56. The van der Waals surface area contributed by atoms with Crippen LogP contribution < -0.4 is 24.3 Å². The Morgan fingerprint density at radius 1 is 1.17 bits per heavy atom. The second kappa shape index (κ2) is 6.73. The van der Waals surface area contributed by atoms with Crippen LogP contribution in [0.15, 0.2) is 18.2 Å². The van der Waals surface area contributed by atoms with Crippen molar-refractivity contribution in [3.63, 3.8) is 0 Å². The SMILES string of the molecule is COc1ccc2c(c1O)C(=O)O[C@H](C1NCCc3cc4c(c(OC)c31)OCO4)C2. The van der Waals surface area contributed by atoms with E-state index in [1.165, 1.54) is 7.11 Å². The summed E-state index contributed by atoms with van der Waals surface area (Å²) in [7, 11) is 3.04. The van der Waals surface area contributed by atoms with E-state index in [9.17, 15) is 9.90 Å². The zero-order chi connectivity index (χ0) is 20.1. The molecule has 0 amide bonds. The van der Waals surface area contributed by atoms with Gasteiger partial charge in [0.05, 0.1) is 20.3 Å². The molecule has 2 aromatic rings. The summed E-state index contributed by atoms with van der Waals surface area (Å²) in [6.45, 7) is 0.884. The van der Waals surface area contributed by atoms with Crippen molar-refractivity contribution in [2.45, 2.75) is 25.0 Å². The van der Waals surface area contributed by atoms with E-state index in [-0.39, 0.29) is 29.9 Å². The van der Waals surface area contributed by atoms with Crippen LogP contribution >= 0.6 is 0 Å². The van der Waals surface area contributed by atoms with Crippen molar-refractivity contribution in [1.82, 2.24) is 5.32 Å². The summed E-state index contributed by atoms with van der Waals surface area (Å²) in [6, 6.07) is 5.15. The molecule has 3 heterocycles. The molecule has 5 rings (SSSR count). The van der Waals surface area contributed by atoms with E-state index in [2.05, 4.69) is 5.32 Å². The maximum atomic E-state index is 12.7. The van der Waals surface area contributed by atoms with Crippen molar-refractivity contribution >= 4 is 5.97 Å². The molecule has 3 aliphatic rings. The van der Waals surface area contributed by atoms with Gasteiger partial charge in [-0.15, -0.1) is 0 Å². The quantitative estimate of drug-likeness (QED) is 0.758. The Labute approximate surface area is 167 Å². The van der Waals surface area contributed by atoms with Crippen molar-refractivity contribution in [3.8, 4) is 28.7 Å². The standard InChI is InChI=1S/C21H21NO7/c1-25-12-4-3-10-7-13(29-21(24)16(10)18(12)23)17-15-11(5-6-22-17)8-14-19(20(15)26-2)28-9-27-14/h3-4,8,13,17,22-23H,5-7,9H2,1-2H3/t13-,17?/m0/s1. The van der Waals surface area contributed by atoms with Gasteiger partial charge in [-0.1, -0.05) is 6.07 Å². The molecule has 0 aliphatic carbocycles. The molecule has 2 N–H and O–H groups in total. The lowest BCUT2D eigenvalue weighted by molar-refractivity contribution is 0.0136. The molecule has 3 aliphatic heterocycles. The number of phenols is 1. The first kappa shape index (κ1) is 17.9. The first-order valence-electron chi connectivity index (χ1n) is 9.45. The number of methoxy groups -OCH3 is 2. The number of rotatable bonds is 3. The predicted octanol–water partition coefficient (Wildman–Crippen LogP) is 2.11.